The number of nitrogens with zero attached hydrogens (tertiary/aromatic N) is 4. The Morgan fingerprint density at radius 3 is 2.57 bits per heavy atom. The molecule has 1 aliphatic carbocycles. The number of hydrogen-bond acceptors (Lipinski definition) is 12. The third-order valence-electron chi connectivity index (χ3n) is 6.60. The minimum absolute atomic E-state index is 0.0229. The molecule has 1 fully saturated rings. The van der Waals surface area contributed by atoms with Gasteiger partial charge in [0.2, 0.25) is 11.3 Å². The number of aliphatic imine (C=N–C) groups is 1. The van der Waals surface area contributed by atoms with Crippen molar-refractivity contribution in [3.63, 3.8) is 0 Å². The first-order valence-electron chi connectivity index (χ1n) is 13.1. The van der Waals surface area contributed by atoms with Gasteiger partial charge in [0.05, 0.1) is 46.4 Å². The minimum Gasteiger partial charge on any atom is -0.504 e. The molecule has 0 saturated heterocycles. The maximum atomic E-state index is 13.0. The van der Waals surface area contributed by atoms with E-state index in [2.05, 4.69) is 25.3 Å². The van der Waals surface area contributed by atoms with Crippen molar-refractivity contribution in [3.8, 4) is 0 Å². The van der Waals surface area contributed by atoms with Gasteiger partial charge < -0.3 is 19.9 Å². The van der Waals surface area contributed by atoms with E-state index >= 15 is 0 Å². The Morgan fingerprint density at radius 1 is 1.05 bits per heavy atom. The van der Waals surface area contributed by atoms with Crippen LogP contribution in [0, 0.1) is 10.1 Å². The molecule has 16 heteroatoms. The SMILES string of the molecule is O=C1CCC(=Nc2ccc3cc(C(=O)OCCOCCNc4ccc([N+](=O)[O-])c5nonc45)ccc3c2)C1=C(O)C(F)(F)F. The van der Waals surface area contributed by atoms with Gasteiger partial charge in [0, 0.05) is 19.0 Å². The van der Waals surface area contributed by atoms with E-state index in [1.165, 1.54) is 24.3 Å². The summed E-state index contributed by atoms with van der Waals surface area (Å²) < 4.78 is 54.3. The summed E-state index contributed by atoms with van der Waals surface area (Å²) in [6.45, 7) is 0.630. The number of carbonyl (C=O) groups excluding carboxylic acids is 2. The molecule has 3 aromatic carbocycles. The van der Waals surface area contributed by atoms with Gasteiger partial charge in [-0.15, -0.1) is 0 Å². The standard InChI is InChI=1S/C28H22F3N5O8/c29-28(30,31)26(38)23-19(6-8-22(23)37)33-18-4-3-15-13-17(2-1-16(15)14-18)27(39)43-12-11-42-10-9-32-20-5-7-21(36(40)41)25-24(20)34-44-35-25/h1-5,7,13-14,32,38H,6,8-12H2. The number of carbonyl (C=O) groups is 2. The number of ether oxygens (including phenoxy) is 2. The van der Waals surface area contributed by atoms with Crippen LogP contribution >= 0.6 is 0 Å². The van der Waals surface area contributed by atoms with E-state index in [0.29, 0.717) is 23.0 Å². The molecule has 1 aliphatic rings. The number of esters is 1. The fraction of sp³-hybridized carbons (Fsp3) is 0.250. The molecule has 0 radical (unpaired) electrons. The zero-order valence-electron chi connectivity index (χ0n) is 22.6. The van der Waals surface area contributed by atoms with Gasteiger partial charge in [0.25, 0.3) is 0 Å². The topological polar surface area (TPSA) is 179 Å². The number of aromatic nitrogens is 2. The summed E-state index contributed by atoms with van der Waals surface area (Å²) in [7, 11) is 0. The molecule has 0 amide bonds. The number of aliphatic hydroxyl groups excluding tert-OH is 1. The van der Waals surface area contributed by atoms with E-state index in [0.717, 1.165) is 0 Å². The number of benzene rings is 3. The van der Waals surface area contributed by atoms with Crippen LogP contribution in [0.3, 0.4) is 0 Å². The van der Waals surface area contributed by atoms with Crippen LogP contribution in [0.4, 0.5) is 30.2 Å². The third-order valence-corrected chi connectivity index (χ3v) is 6.60. The lowest BCUT2D eigenvalue weighted by atomic mass is 10.1. The lowest BCUT2D eigenvalue weighted by molar-refractivity contribution is -0.383. The van der Waals surface area contributed by atoms with Crippen LogP contribution in [0.1, 0.15) is 23.2 Å². The first-order chi connectivity index (χ1) is 21.0. The first-order valence-corrected chi connectivity index (χ1v) is 13.1. The van der Waals surface area contributed by atoms with Gasteiger partial charge in [0.15, 0.2) is 11.3 Å². The van der Waals surface area contributed by atoms with Crippen molar-refractivity contribution in [2.75, 3.05) is 31.7 Å². The second kappa shape index (κ2) is 12.5. The number of rotatable bonds is 10. The van der Waals surface area contributed by atoms with Gasteiger partial charge in [-0.05, 0) is 57.8 Å². The van der Waals surface area contributed by atoms with Crippen molar-refractivity contribution in [2.24, 2.45) is 4.99 Å². The average Bonchev–Trinajstić information content (AvgIpc) is 3.62. The smallest absolute Gasteiger partial charge is 0.449 e. The van der Waals surface area contributed by atoms with Crippen LogP contribution in [0.5, 0.6) is 0 Å². The second-order valence-electron chi connectivity index (χ2n) is 9.48. The first kappa shape index (κ1) is 30.1. The molecule has 0 atom stereocenters. The molecule has 0 aliphatic heterocycles. The van der Waals surface area contributed by atoms with E-state index in [1.807, 2.05) is 0 Å². The number of nitro benzene ring substituents is 1. The molecular weight excluding hydrogens is 591 g/mol. The Hall–Kier alpha value is -5.38. The van der Waals surface area contributed by atoms with Gasteiger partial charge in [-0.1, -0.05) is 12.1 Å². The quantitative estimate of drug-likeness (QED) is 0.0586. The molecule has 0 unspecified atom stereocenters. The third kappa shape index (κ3) is 6.49. The molecule has 2 N–H and O–H groups in total. The predicted octanol–water partition coefficient (Wildman–Crippen LogP) is 5.38. The van der Waals surface area contributed by atoms with E-state index < -0.39 is 34.2 Å². The normalized spacial score (nSPS) is 15.7. The van der Waals surface area contributed by atoms with Crippen molar-refractivity contribution < 1.29 is 46.9 Å². The second-order valence-corrected chi connectivity index (χ2v) is 9.48. The van der Waals surface area contributed by atoms with Crippen molar-refractivity contribution >= 4 is 56.3 Å². The van der Waals surface area contributed by atoms with Crippen molar-refractivity contribution in [2.45, 2.75) is 19.0 Å². The van der Waals surface area contributed by atoms with Crippen molar-refractivity contribution in [1.82, 2.24) is 10.3 Å². The number of nitro groups is 1. The van der Waals surface area contributed by atoms with Crippen LogP contribution in [-0.4, -0.2) is 70.3 Å². The Balaban J connectivity index is 1.12. The summed E-state index contributed by atoms with van der Waals surface area (Å²) in [6.07, 6.45) is -5.27. The Morgan fingerprint density at radius 2 is 1.80 bits per heavy atom. The lowest BCUT2D eigenvalue weighted by Crippen LogP contribution is -2.18. The Labute approximate surface area is 245 Å². The summed E-state index contributed by atoms with van der Waals surface area (Å²) in [5.74, 6) is -3.36. The average molecular weight is 614 g/mol. The molecule has 1 saturated carbocycles. The number of alkyl halides is 3. The summed E-state index contributed by atoms with van der Waals surface area (Å²) in [4.78, 5) is 39.1. The number of nitrogens with one attached hydrogen (secondary N) is 1. The molecule has 4 aromatic rings. The van der Waals surface area contributed by atoms with E-state index in [4.69, 9.17) is 9.47 Å². The summed E-state index contributed by atoms with van der Waals surface area (Å²) >= 11 is 0. The summed E-state index contributed by atoms with van der Waals surface area (Å²) in [5, 5.41) is 32.2. The maximum absolute atomic E-state index is 13.0. The highest BCUT2D eigenvalue weighted by molar-refractivity contribution is 6.28. The fourth-order valence-corrected chi connectivity index (χ4v) is 4.53. The monoisotopic (exact) mass is 613 g/mol. The van der Waals surface area contributed by atoms with Gasteiger partial charge in [-0.25, -0.2) is 9.42 Å². The molecule has 0 bridgehead atoms. The molecule has 5 rings (SSSR count). The van der Waals surface area contributed by atoms with E-state index in [1.54, 1.807) is 24.3 Å². The molecular formula is C28H22F3N5O8. The molecule has 1 aromatic heterocycles. The van der Waals surface area contributed by atoms with Crippen LogP contribution < -0.4 is 5.32 Å². The lowest BCUT2D eigenvalue weighted by Gasteiger charge is -2.09. The van der Waals surface area contributed by atoms with Gasteiger partial charge >= 0.3 is 17.8 Å². The van der Waals surface area contributed by atoms with Crippen molar-refractivity contribution in [3.05, 3.63) is 75.5 Å². The number of ketones is 1. The number of fused-ring (bicyclic) bond motifs is 2. The largest absolute Gasteiger partial charge is 0.504 e. The number of non-ortho nitro benzene ring substituents is 1. The zero-order chi connectivity index (χ0) is 31.4. The van der Waals surface area contributed by atoms with Crippen LogP contribution in [0.15, 0.2) is 69.5 Å². The number of hydrogen-bond donors (Lipinski definition) is 2. The molecule has 44 heavy (non-hydrogen) atoms. The summed E-state index contributed by atoms with van der Waals surface area (Å²) in [6, 6.07) is 12.2. The summed E-state index contributed by atoms with van der Waals surface area (Å²) in [5.41, 5.74) is 0.0869. The highest BCUT2D eigenvalue weighted by Crippen LogP contribution is 2.33. The Kier molecular flexibility index (Phi) is 8.52. The molecule has 0 spiro atoms. The van der Waals surface area contributed by atoms with Crippen LogP contribution in [0.25, 0.3) is 21.8 Å². The van der Waals surface area contributed by atoms with Gasteiger partial charge in [-0.2, -0.15) is 13.2 Å². The zero-order valence-corrected chi connectivity index (χ0v) is 22.6. The maximum Gasteiger partial charge on any atom is 0.449 e. The van der Waals surface area contributed by atoms with Gasteiger partial charge in [-0.3, -0.25) is 19.9 Å². The fourth-order valence-electron chi connectivity index (χ4n) is 4.53. The number of Topliss-reactive ketones (excluding diaryl/α,β-unsaturated/α-hetero) is 1. The number of allylic oxidation sites excluding steroid dienone is 2. The highest BCUT2D eigenvalue weighted by Gasteiger charge is 2.41. The molecule has 1 heterocycles. The minimum atomic E-state index is -5.06. The molecule has 13 nitrogen and oxygen atoms in total. The van der Waals surface area contributed by atoms with E-state index in [-0.39, 0.29) is 66.3 Å². The molecule has 228 valence electrons. The van der Waals surface area contributed by atoms with Crippen molar-refractivity contribution in [1.29, 1.82) is 0 Å². The number of aliphatic hydroxyl groups is 1. The predicted molar refractivity (Wildman–Crippen MR) is 149 cm³/mol. The number of anilines is 1. The Bertz CT molecular complexity index is 1830. The van der Waals surface area contributed by atoms with Crippen LogP contribution in [-0.2, 0) is 14.3 Å². The van der Waals surface area contributed by atoms with Crippen LogP contribution in [0.2, 0.25) is 0 Å². The van der Waals surface area contributed by atoms with E-state index in [9.17, 15) is 38.0 Å². The number of halogens is 3. The van der Waals surface area contributed by atoms with Gasteiger partial charge in [0.1, 0.15) is 6.61 Å². The highest BCUT2D eigenvalue weighted by atomic mass is 19.4.